The molecule has 1 atom stereocenters. The molecule has 3 aromatic rings. The van der Waals surface area contributed by atoms with Gasteiger partial charge in [0.1, 0.15) is 11.6 Å². The van der Waals surface area contributed by atoms with Crippen molar-refractivity contribution in [2.75, 3.05) is 6.54 Å². The fraction of sp³-hybridized carbons (Fsp3) is 0.375. The average Bonchev–Trinajstić information content (AvgIpc) is 3.32. The van der Waals surface area contributed by atoms with Crippen LogP contribution in [0, 0.1) is 6.92 Å². The highest BCUT2D eigenvalue weighted by Gasteiger charge is 2.28. The summed E-state index contributed by atoms with van der Waals surface area (Å²) >= 11 is 0. The highest BCUT2D eigenvalue weighted by molar-refractivity contribution is 5.93. The first-order chi connectivity index (χ1) is 12.0. The quantitative estimate of drug-likeness (QED) is 0.750. The van der Waals surface area contributed by atoms with Crippen LogP contribution < -0.4 is 0 Å². The fourth-order valence-corrected chi connectivity index (χ4v) is 3.03. The van der Waals surface area contributed by atoms with Crippen molar-refractivity contribution in [3.8, 4) is 0 Å². The molecule has 3 aromatic heterocycles. The normalized spacial score (nSPS) is 15.2. The Kier molecular flexibility index (Phi) is 3.65. The number of amides is 1. The monoisotopic (exact) mass is 342 g/mol. The molecule has 0 spiro atoms. The van der Waals surface area contributed by atoms with Gasteiger partial charge in [0.25, 0.3) is 5.91 Å². The van der Waals surface area contributed by atoms with Gasteiger partial charge >= 0.3 is 0 Å². The summed E-state index contributed by atoms with van der Waals surface area (Å²) in [5.41, 5.74) is 1.72. The van der Waals surface area contributed by atoms with E-state index in [1.54, 1.807) is 28.8 Å². The topological polar surface area (TPSA) is 102 Å². The second kappa shape index (κ2) is 5.85. The number of fused-ring (bicyclic) bond motifs is 1. The van der Waals surface area contributed by atoms with Gasteiger partial charge in [0, 0.05) is 26.0 Å². The summed E-state index contributed by atoms with van der Waals surface area (Å²) in [4.78, 5) is 22.4. The minimum Gasteiger partial charge on any atom is -0.448 e. The number of hydrogen-bond donors (Lipinski definition) is 1. The fourth-order valence-electron chi connectivity index (χ4n) is 3.03. The highest BCUT2D eigenvalue weighted by atomic mass is 16.3. The minimum absolute atomic E-state index is 0.162. The Hall–Kier alpha value is -2.94. The van der Waals surface area contributed by atoms with Crippen LogP contribution in [0.4, 0.5) is 0 Å². The second-order valence-corrected chi connectivity index (χ2v) is 6.07. The molecule has 0 saturated carbocycles. The van der Waals surface area contributed by atoms with Crippen LogP contribution in [-0.4, -0.2) is 46.8 Å². The molecular formula is C16H18N6O3. The van der Waals surface area contributed by atoms with Crippen molar-refractivity contribution in [3.63, 3.8) is 0 Å². The average molecular weight is 342 g/mol. The van der Waals surface area contributed by atoms with Gasteiger partial charge < -0.3 is 19.0 Å². The zero-order valence-corrected chi connectivity index (χ0v) is 14.0. The van der Waals surface area contributed by atoms with E-state index >= 15 is 0 Å². The van der Waals surface area contributed by atoms with Crippen LogP contribution in [0.1, 0.15) is 39.6 Å². The van der Waals surface area contributed by atoms with Gasteiger partial charge in [-0.05, 0) is 13.0 Å². The number of aromatic nitrogens is 5. The number of nitrogens with zero attached hydrogens (tertiary/aromatic N) is 6. The molecule has 0 aromatic carbocycles. The van der Waals surface area contributed by atoms with Gasteiger partial charge in [-0.1, -0.05) is 0 Å². The Morgan fingerprint density at radius 1 is 1.36 bits per heavy atom. The first kappa shape index (κ1) is 15.6. The van der Waals surface area contributed by atoms with E-state index in [4.69, 9.17) is 4.42 Å². The zero-order chi connectivity index (χ0) is 17.6. The minimum atomic E-state index is -0.903. The summed E-state index contributed by atoms with van der Waals surface area (Å²) in [5.74, 6) is 0.876. The van der Waals surface area contributed by atoms with Crippen LogP contribution in [0.2, 0.25) is 0 Å². The first-order valence-corrected chi connectivity index (χ1v) is 7.96. The molecule has 9 nitrogen and oxygen atoms in total. The SMILES string of the molecule is Cc1ocnc1C(=O)N1CCn2nc([C@@H](O)c3nccn3C)cc2C1. The van der Waals surface area contributed by atoms with Crippen LogP contribution in [0.5, 0.6) is 0 Å². The smallest absolute Gasteiger partial charge is 0.276 e. The Labute approximate surface area is 143 Å². The molecule has 4 heterocycles. The molecule has 9 heteroatoms. The summed E-state index contributed by atoms with van der Waals surface area (Å²) in [6.45, 7) is 3.21. The predicted octanol–water partition coefficient (Wildman–Crippen LogP) is 0.651. The van der Waals surface area contributed by atoms with E-state index in [1.165, 1.54) is 6.39 Å². The lowest BCUT2D eigenvalue weighted by Crippen LogP contribution is -2.38. The van der Waals surface area contributed by atoms with Crippen molar-refractivity contribution >= 4 is 5.91 Å². The van der Waals surface area contributed by atoms with Crippen molar-refractivity contribution in [1.82, 2.24) is 29.2 Å². The lowest BCUT2D eigenvalue weighted by atomic mass is 10.2. The van der Waals surface area contributed by atoms with Crippen LogP contribution >= 0.6 is 0 Å². The molecule has 0 fully saturated rings. The zero-order valence-electron chi connectivity index (χ0n) is 14.0. The molecule has 1 aliphatic rings. The van der Waals surface area contributed by atoms with Crippen molar-refractivity contribution in [2.24, 2.45) is 7.05 Å². The van der Waals surface area contributed by atoms with Crippen molar-refractivity contribution in [2.45, 2.75) is 26.1 Å². The predicted molar refractivity (Wildman–Crippen MR) is 85.5 cm³/mol. The van der Waals surface area contributed by atoms with E-state index in [2.05, 4.69) is 15.1 Å². The van der Waals surface area contributed by atoms with Gasteiger partial charge in [-0.25, -0.2) is 9.97 Å². The van der Waals surface area contributed by atoms with Gasteiger partial charge in [-0.15, -0.1) is 0 Å². The van der Waals surface area contributed by atoms with E-state index in [0.29, 0.717) is 42.6 Å². The lowest BCUT2D eigenvalue weighted by molar-refractivity contribution is 0.0698. The number of rotatable bonds is 3. The molecule has 1 aliphatic heterocycles. The number of imidazole rings is 1. The third-order valence-electron chi connectivity index (χ3n) is 4.43. The largest absolute Gasteiger partial charge is 0.448 e. The van der Waals surface area contributed by atoms with E-state index in [-0.39, 0.29) is 5.91 Å². The number of oxazole rings is 1. The summed E-state index contributed by atoms with van der Waals surface area (Å²) in [6, 6.07) is 1.81. The highest BCUT2D eigenvalue weighted by Crippen LogP contribution is 2.23. The number of carbonyl (C=O) groups is 1. The standard InChI is InChI=1S/C16H18N6O3/c1-10-13(18-9-25-10)16(24)21-5-6-22-11(8-21)7-12(19-22)14(23)15-17-3-4-20(15)2/h3-4,7,9,14,23H,5-6,8H2,1-2H3/t14-/m1/s1. The van der Waals surface area contributed by atoms with Gasteiger partial charge in [0.05, 0.1) is 24.5 Å². The Morgan fingerprint density at radius 2 is 2.20 bits per heavy atom. The van der Waals surface area contributed by atoms with Crippen LogP contribution in [0.15, 0.2) is 29.3 Å². The van der Waals surface area contributed by atoms with Crippen molar-refractivity contribution in [1.29, 1.82) is 0 Å². The molecular weight excluding hydrogens is 324 g/mol. The molecule has 0 aliphatic carbocycles. The van der Waals surface area contributed by atoms with E-state index < -0.39 is 6.10 Å². The maximum atomic E-state index is 12.6. The second-order valence-electron chi connectivity index (χ2n) is 6.07. The van der Waals surface area contributed by atoms with Gasteiger partial charge in [-0.3, -0.25) is 9.48 Å². The molecule has 0 radical (unpaired) electrons. The molecule has 4 rings (SSSR count). The number of aliphatic hydroxyl groups excluding tert-OH is 1. The third-order valence-corrected chi connectivity index (χ3v) is 4.43. The maximum absolute atomic E-state index is 12.6. The molecule has 0 saturated heterocycles. The van der Waals surface area contributed by atoms with Crippen molar-refractivity contribution in [3.05, 3.63) is 53.5 Å². The van der Waals surface area contributed by atoms with Crippen LogP contribution in [0.3, 0.4) is 0 Å². The molecule has 1 N–H and O–H groups in total. The third kappa shape index (κ3) is 2.62. The summed E-state index contributed by atoms with van der Waals surface area (Å²) in [7, 11) is 1.82. The number of carbonyl (C=O) groups excluding carboxylic acids is 1. The molecule has 130 valence electrons. The van der Waals surface area contributed by atoms with E-state index in [1.807, 2.05) is 17.8 Å². The number of aryl methyl sites for hydroxylation is 2. The number of aliphatic hydroxyl groups is 1. The Bertz CT molecular complexity index is 924. The van der Waals surface area contributed by atoms with E-state index in [0.717, 1.165) is 5.69 Å². The van der Waals surface area contributed by atoms with Gasteiger partial charge in [-0.2, -0.15) is 5.10 Å². The maximum Gasteiger partial charge on any atom is 0.276 e. The number of hydrogen-bond acceptors (Lipinski definition) is 6. The Morgan fingerprint density at radius 3 is 2.88 bits per heavy atom. The lowest BCUT2D eigenvalue weighted by Gasteiger charge is -2.27. The summed E-state index contributed by atoms with van der Waals surface area (Å²) < 4.78 is 8.69. The van der Waals surface area contributed by atoms with Crippen LogP contribution in [0.25, 0.3) is 0 Å². The van der Waals surface area contributed by atoms with E-state index in [9.17, 15) is 9.90 Å². The molecule has 1 amide bonds. The Balaban J connectivity index is 1.56. The molecule has 25 heavy (non-hydrogen) atoms. The van der Waals surface area contributed by atoms with Gasteiger partial charge in [0.15, 0.2) is 18.2 Å². The molecule has 0 unspecified atom stereocenters. The summed E-state index contributed by atoms with van der Waals surface area (Å²) in [6.07, 6.45) is 3.78. The molecule has 0 bridgehead atoms. The van der Waals surface area contributed by atoms with Gasteiger partial charge in [0.2, 0.25) is 0 Å². The van der Waals surface area contributed by atoms with Crippen molar-refractivity contribution < 1.29 is 14.3 Å². The van der Waals surface area contributed by atoms with Crippen LogP contribution in [-0.2, 0) is 20.1 Å². The first-order valence-electron chi connectivity index (χ1n) is 7.96. The summed E-state index contributed by atoms with van der Waals surface area (Å²) in [5, 5.41) is 15.0.